The first kappa shape index (κ1) is 13.6. The van der Waals surface area contributed by atoms with Gasteiger partial charge in [-0.05, 0) is 25.0 Å². The fourth-order valence-corrected chi connectivity index (χ4v) is 2.56. The summed E-state index contributed by atoms with van der Waals surface area (Å²) < 4.78 is 3.37. The van der Waals surface area contributed by atoms with Crippen LogP contribution in [0.25, 0.3) is 11.4 Å². The maximum atomic E-state index is 4.34. The Morgan fingerprint density at radius 3 is 2.56 bits per heavy atom. The molecule has 1 aromatic carbocycles. The molecule has 0 saturated carbocycles. The Balaban J connectivity index is 0.00000120. The zero-order valence-electron chi connectivity index (χ0n) is 9.97. The van der Waals surface area contributed by atoms with E-state index in [4.69, 9.17) is 0 Å². The van der Waals surface area contributed by atoms with Gasteiger partial charge in [0.25, 0.3) is 0 Å². The molecule has 0 fully saturated rings. The standard InChI is InChI=1S/C13H14BrN3.ClH/c14-11-7-5-10(6-8-11)13-16-15-12-4-2-1-3-9-17(12)13;/h5-8H,1-4,9H2;1H. The lowest BCUT2D eigenvalue weighted by Crippen LogP contribution is -2.02. The molecule has 2 heterocycles. The van der Waals surface area contributed by atoms with Crippen LogP contribution in [0.4, 0.5) is 0 Å². The van der Waals surface area contributed by atoms with Crippen LogP contribution >= 0.6 is 28.3 Å². The molecule has 5 heteroatoms. The first-order chi connectivity index (χ1) is 8.34. The largest absolute Gasteiger partial charge is 0.311 e. The van der Waals surface area contributed by atoms with Crippen LogP contribution in [0.15, 0.2) is 28.7 Å². The van der Waals surface area contributed by atoms with Gasteiger partial charge in [0.2, 0.25) is 0 Å². The summed E-state index contributed by atoms with van der Waals surface area (Å²) in [7, 11) is 0. The van der Waals surface area contributed by atoms with E-state index in [1.165, 1.54) is 19.3 Å². The van der Waals surface area contributed by atoms with E-state index in [0.717, 1.165) is 34.7 Å². The third-order valence-corrected chi connectivity index (χ3v) is 3.74. The Morgan fingerprint density at radius 1 is 1.00 bits per heavy atom. The lowest BCUT2D eigenvalue weighted by Gasteiger charge is -2.06. The number of nitrogens with zero attached hydrogens (tertiary/aromatic N) is 3. The van der Waals surface area contributed by atoms with Crippen LogP contribution in [-0.2, 0) is 13.0 Å². The van der Waals surface area contributed by atoms with Crippen molar-refractivity contribution >= 4 is 28.3 Å². The summed E-state index contributed by atoms with van der Waals surface area (Å²) in [6, 6.07) is 8.28. The van der Waals surface area contributed by atoms with Crippen molar-refractivity contribution in [3.63, 3.8) is 0 Å². The van der Waals surface area contributed by atoms with Crippen molar-refractivity contribution in [1.29, 1.82) is 0 Å². The molecule has 0 amide bonds. The molecule has 1 aromatic heterocycles. The van der Waals surface area contributed by atoms with Crippen LogP contribution in [0.2, 0.25) is 0 Å². The van der Waals surface area contributed by atoms with Gasteiger partial charge in [0.1, 0.15) is 5.82 Å². The maximum Gasteiger partial charge on any atom is 0.163 e. The van der Waals surface area contributed by atoms with Gasteiger partial charge in [0, 0.05) is 23.0 Å². The van der Waals surface area contributed by atoms with Crippen molar-refractivity contribution in [3.05, 3.63) is 34.6 Å². The molecule has 2 aromatic rings. The molecule has 3 rings (SSSR count). The van der Waals surface area contributed by atoms with Crippen LogP contribution < -0.4 is 0 Å². The molecule has 0 atom stereocenters. The van der Waals surface area contributed by atoms with E-state index in [0.29, 0.717) is 0 Å². The fraction of sp³-hybridized carbons (Fsp3) is 0.385. The highest BCUT2D eigenvalue weighted by atomic mass is 79.9. The Labute approximate surface area is 121 Å². The summed E-state index contributed by atoms with van der Waals surface area (Å²) in [4.78, 5) is 0. The molecule has 18 heavy (non-hydrogen) atoms. The number of rotatable bonds is 1. The average Bonchev–Trinajstić information content (AvgIpc) is 2.60. The number of aryl methyl sites for hydroxylation is 1. The summed E-state index contributed by atoms with van der Waals surface area (Å²) in [5.41, 5.74) is 1.15. The smallest absolute Gasteiger partial charge is 0.163 e. The molecule has 0 bridgehead atoms. The second-order valence-corrected chi connectivity index (χ2v) is 5.32. The summed E-state index contributed by atoms with van der Waals surface area (Å²) >= 11 is 3.45. The molecule has 0 N–H and O–H groups in total. The Kier molecular flexibility index (Phi) is 4.40. The van der Waals surface area contributed by atoms with Gasteiger partial charge in [-0.1, -0.05) is 34.5 Å². The van der Waals surface area contributed by atoms with Gasteiger partial charge in [-0.3, -0.25) is 0 Å². The monoisotopic (exact) mass is 327 g/mol. The number of hydrogen-bond donors (Lipinski definition) is 0. The number of halogens is 2. The van der Waals surface area contributed by atoms with Crippen molar-refractivity contribution in [3.8, 4) is 11.4 Å². The summed E-state index contributed by atoms with van der Waals surface area (Å²) in [6.07, 6.45) is 4.82. The van der Waals surface area contributed by atoms with E-state index in [-0.39, 0.29) is 12.4 Å². The molecule has 96 valence electrons. The molecule has 0 aliphatic carbocycles. The number of hydrogen-bond acceptors (Lipinski definition) is 2. The molecule has 1 aliphatic rings. The van der Waals surface area contributed by atoms with E-state index in [9.17, 15) is 0 Å². The van der Waals surface area contributed by atoms with E-state index in [1.54, 1.807) is 0 Å². The Morgan fingerprint density at radius 2 is 1.78 bits per heavy atom. The molecule has 1 aliphatic heterocycles. The lowest BCUT2D eigenvalue weighted by atomic mass is 10.2. The van der Waals surface area contributed by atoms with Gasteiger partial charge in [-0.15, -0.1) is 22.6 Å². The summed E-state index contributed by atoms with van der Waals surface area (Å²) in [5.74, 6) is 2.15. The average molecular weight is 329 g/mol. The van der Waals surface area contributed by atoms with Crippen LogP contribution in [0, 0.1) is 0 Å². The number of aromatic nitrogens is 3. The molecular weight excluding hydrogens is 314 g/mol. The quantitative estimate of drug-likeness (QED) is 0.796. The first-order valence-corrected chi connectivity index (χ1v) is 6.82. The van der Waals surface area contributed by atoms with E-state index < -0.39 is 0 Å². The zero-order chi connectivity index (χ0) is 11.7. The highest BCUT2D eigenvalue weighted by molar-refractivity contribution is 9.10. The topological polar surface area (TPSA) is 30.7 Å². The zero-order valence-corrected chi connectivity index (χ0v) is 12.4. The molecular formula is C13H15BrClN3. The van der Waals surface area contributed by atoms with Gasteiger partial charge in [-0.25, -0.2) is 0 Å². The van der Waals surface area contributed by atoms with Gasteiger partial charge >= 0.3 is 0 Å². The van der Waals surface area contributed by atoms with E-state index >= 15 is 0 Å². The van der Waals surface area contributed by atoms with Crippen LogP contribution in [0.1, 0.15) is 25.1 Å². The van der Waals surface area contributed by atoms with Gasteiger partial charge in [0.15, 0.2) is 5.82 Å². The van der Waals surface area contributed by atoms with Crippen molar-refractivity contribution in [2.45, 2.75) is 32.2 Å². The van der Waals surface area contributed by atoms with Gasteiger partial charge in [0.05, 0.1) is 0 Å². The third-order valence-electron chi connectivity index (χ3n) is 3.21. The predicted molar refractivity (Wildman–Crippen MR) is 78.0 cm³/mol. The summed E-state index contributed by atoms with van der Waals surface area (Å²) in [5, 5.41) is 8.65. The number of benzene rings is 1. The van der Waals surface area contributed by atoms with Gasteiger partial charge in [-0.2, -0.15) is 0 Å². The highest BCUT2D eigenvalue weighted by Crippen LogP contribution is 2.23. The van der Waals surface area contributed by atoms with Crippen molar-refractivity contribution in [2.24, 2.45) is 0 Å². The van der Waals surface area contributed by atoms with Crippen molar-refractivity contribution in [2.75, 3.05) is 0 Å². The lowest BCUT2D eigenvalue weighted by molar-refractivity contribution is 0.636. The molecule has 0 spiro atoms. The Bertz CT molecular complexity index is 522. The van der Waals surface area contributed by atoms with E-state index in [2.05, 4.69) is 42.8 Å². The molecule has 0 unspecified atom stereocenters. The minimum Gasteiger partial charge on any atom is -0.311 e. The minimum atomic E-state index is 0. The van der Waals surface area contributed by atoms with Gasteiger partial charge < -0.3 is 4.57 Å². The van der Waals surface area contributed by atoms with Crippen LogP contribution in [0.3, 0.4) is 0 Å². The molecule has 0 saturated heterocycles. The fourth-order valence-electron chi connectivity index (χ4n) is 2.30. The minimum absolute atomic E-state index is 0. The second kappa shape index (κ2) is 5.85. The van der Waals surface area contributed by atoms with Crippen LogP contribution in [0.5, 0.6) is 0 Å². The van der Waals surface area contributed by atoms with Crippen molar-refractivity contribution < 1.29 is 0 Å². The number of fused-ring (bicyclic) bond motifs is 1. The van der Waals surface area contributed by atoms with Crippen molar-refractivity contribution in [1.82, 2.24) is 14.8 Å². The Hall–Kier alpha value is -0.870. The second-order valence-electron chi connectivity index (χ2n) is 4.41. The first-order valence-electron chi connectivity index (χ1n) is 6.02. The maximum absolute atomic E-state index is 4.34. The highest BCUT2D eigenvalue weighted by Gasteiger charge is 2.15. The molecule has 0 radical (unpaired) electrons. The normalized spacial score (nSPS) is 14.5. The molecule has 3 nitrogen and oxygen atoms in total. The van der Waals surface area contributed by atoms with E-state index in [1.807, 2.05) is 12.1 Å². The summed E-state index contributed by atoms with van der Waals surface area (Å²) in [6.45, 7) is 1.05. The third kappa shape index (κ3) is 2.59. The van der Waals surface area contributed by atoms with Crippen LogP contribution in [-0.4, -0.2) is 14.8 Å². The SMILES string of the molecule is Brc1ccc(-c2nnc3n2CCCCC3)cc1.Cl. The predicted octanol–water partition coefficient (Wildman–Crippen LogP) is 3.86.